The lowest BCUT2D eigenvalue weighted by molar-refractivity contribution is 0.0982. The van der Waals surface area contributed by atoms with Crippen LogP contribution in [0.3, 0.4) is 0 Å². The van der Waals surface area contributed by atoms with Gasteiger partial charge in [-0.1, -0.05) is 29.8 Å². The van der Waals surface area contributed by atoms with Crippen LogP contribution in [0, 0.1) is 6.92 Å². The molecule has 0 spiro atoms. The molecule has 0 atom stereocenters. The van der Waals surface area contributed by atoms with Gasteiger partial charge in [0.05, 0.1) is 21.0 Å². The maximum atomic E-state index is 12.9. The Labute approximate surface area is 178 Å². The Morgan fingerprint density at radius 3 is 2.60 bits per heavy atom. The zero-order valence-electron chi connectivity index (χ0n) is 16.1. The minimum Gasteiger partial charge on any atom is -0.294 e. The Bertz CT molecular complexity index is 1350. The molecule has 0 aliphatic rings. The number of nitrogens with one attached hydrogen (secondary N) is 1. The molecule has 152 valence electrons. The summed E-state index contributed by atoms with van der Waals surface area (Å²) in [6.07, 6.45) is 3.94. The highest BCUT2D eigenvalue weighted by Gasteiger charge is 2.21. The van der Waals surface area contributed by atoms with Crippen molar-refractivity contribution < 1.29 is 13.2 Å². The molecule has 0 aliphatic carbocycles. The van der Waals surface area contributed by atoms with Gasteiger partial charge in [-0.3, -0.25) is 9.89 Å². The van der Waals surface area contributed by atoms with Crippen LogP contribution in [0.4, 0.5) is 0 Å². The van der Waals surface area contributed by atoms with Crippen LogP contribution in [-0.4, -0.2) is 29.4 Å². The van der Waals surface area contributed by atoms with Gasteiger partial charge in [0.25, 0.3) is 0 Å². The molecular formula is C22H18ClN3O3S. The number of benzene rings is 2. The average molecular weight is 440 g/mol. The molecule has 2 aromatic carbocycles. The second kappa shape index (κ2) is 8.01. The molecule has 2 heterocycles. The van der Waals surface area contributed by atoms with E-state index in [9.17, 15) is 13.2 Å². The smallest absolute Gasteiger partial charge is 0.208 e. The average Bonchev–Trinajstić information content (AvgIpc) is 3.22. The van der Waals surface area contributed by atoms with E-state index in [0.717, 1.165) is 16.5 Å². The van der Waals surface area contributed by atoms with Crippen molar-refractivity contribution in [3.63, 3.8) is 0 Å². The third-order valence-electron chi connectivity index (χ3n) is 4.86. The molecule has 0 radical (unpaired) electrons. The number of rotatable bonds is 6. The summed E-state index contributed by atoms with van der Waals surface area (Å²) in [5.74, 6) is -0.0335. The summed E-state index contributed by atoms with van der Waals surface area (Å²) in [6, 6.07) is 13.2. The highest BCUT2D eigenvalue weighted by atomic mass is 35.5. The normalized spacial score (nSPS) is 11.7. The number of nitrogens with zero attached hydrogens (tertiary/aromatic N) is 2. The number of hydrogen-bond acceptors (Lipinski definition) is 5. The Kier molecular flexibility index (Phi) is 5.40. The molecule has 0 amide bonds. The van der Waals surface area contributed by atoms with E-state index in [1.54, 1.807) is 54.7 Å². The van der Waals surface area contributed by atoms with Crippen molar-refractivity contribution in [3.05, 3.63) is 82.6 Å². The van der Waals surface area contributed by atoms with Gasteiger partial charge in [-0.15, -0.1) is 0 Å². The predicted molar refractivity (Wildman–Crippen MR) is 115 cm³/mol. The second-order valence-electron chi connectivity index (χ2n) is 7.04. The van der Waals surface area contributed by atoms with Gasteiger partial charge in [0, 0.05) is 23.6 Å². The van der Waals surface area contributed by atoms with Crippen molar-refractivity contribution in [3.8, 4) is 0 Å². The van der Waals surface area contributed by atoms with E-state index in [1.165, 1.54) is 6.20 Å². The number of ketones is 1. The molecule has 6 nitrogen and oxygen atoms in total. The van der Waals surface area contributed by atoms with E-state index in [0.29, 0.717) is 24.1 Å². The fraction of sp³-hybridized carbons (Fsp3) is 0.136. The standard InChI is InChI=1S/C22H18ClN3O3S/c1-14-2-8-19(23)21(10-14)30(28,29)18-6-3-15(4-7-18)5-9-20(27)16-11-17-13-25-26-22(17)24-12-16/h2-4,6-8,10-13H,5,9H2,1H3,(H,24,25,26). The molecule has 0 unspecified atom stereocenters. The maximum absolute atomic E-state index is 12.9. The number of carbonyl (C=O) groups excluding carboxylic acids is 1. The van der Waals surface area contributed by atoms with Crippen LogP contribution in [0.25, 0.3) is 11.0 Å². The zero-order chi connectivity index (χ0) is 21.3. The van der Waals surface area contributed by atoms with Crippen molar-refractivity contribution in [2.45, 2.75) is 29.6 Å². The van der Waals surface area contributed by atoms with Crippen molar-refractivity contribution in [1.29, 1.82) is 0 Å². The molecule has 8 heteroatoms. The first-order valence-corrected chi connectivity index (χ1v) is 11.1. The molecule has 0 saturated carbocycles. The monoisotopic (exact) mass is 439 g/mol. The number of carbonyl (C=O) groups is 1. The maximum Gasteiger partial charge on any atom is 0.208 e. The molecule has 0 bridgehead atoms. The molecule has 0 aliphatic heterocycles. The molecule has 4 rings (SSSR count). The van der Waals surface area contributed by atoms with Crippen LogP contribution < -0.4 is 0 Å². The van der Waals surface area contributed by atoms with Crippen molar-refractivity contribution in [2.24, 2.45) is 0 Å². The third kappa shape index (κ3) is 3.99. The van der Waals surface area contributed by atoms with Gasteiger partial charge >= 0.3 is 0 Å². The first-order chi connectivity index (χ1) is 14.3. The van der Waals surface area contributed by atoms with Crippen molar-refractivity contribution in [1.82, 2.24) is 15.2 Å². The topological polar surface area (TPSA) is 92.8 Å². The predicted octanol–water partition coefficient (Wildman–Crippen LogP) is 4.57. The lowest BCUT2D eigenvalue weighted by atomic mass is 10.0. The quantitative estimate of drug-likeness (QED) is 0.444. The van der Waals surface area contributed by atoms with Crippen molar-refractivity contribution in [2.75, 3.05) is 0 Å². The van der Waals surface area contributed by atoms with Crippen LogP contribution >= 0.6 is 11.6 Å². The minimum absolute atomic E-state index is 0.0335. The number of aryl methyl sites for hydroxylation is 2. The van der Waals surface area contributed by atoms with Crippen LogP contribution in [-0.2, 0) is 16.3 Å². The van der Waals surface area contributed by atoms with Crippen LogP contribution in [0.1, 0.15) is 27.9 Å². The summed E-state index contributed by atoms with van der Waals surface area (Å²) < 4.78 is 25.8. The van der Waals surface area contributed by atoms with E-state index in [-0.39, 0.29) is 20.6 Å². The number of aromatic nitrogens is 3. The first-order valence-electron chi connectivity index (χ1n) is 9.27. The van der Waals surface area contributed by atoms with Crippen LogP contribution in [0.15, 0.2) is 70.7 Å². The van der Waals surface area contributed by atoms with Crippen molar-refractivity contribution >= 4 is 38.3 Å². The summed E-state index contributed by atoms with van der Waals surface area (Å²) in [6.45, 7) is 1.81. The first kappa shape index (κ1) is 20.3. The summed E-state index contributed by atoms with van der Waals surface area (Å²) >= 11 is 6.11. The highest BCUT2D eigenvalue weighted by Crippen LogP contribution is 2.28. The van der Waals surface area contributed by atoms with E-state index >= 15 is 0 Å². The van der Waals surface area contributed by atoms with Gasteiger partial charge in [-0.25, -0.2) is 13.4 Å². The summed E-state index contributed by atoms with van der Waals surface area (Å²) in [5, 5.41) is 7.62. The summed E-state index contributed by atoms with van der Waals surface area (Å²) in [7, 11) is -3.71. The number of H-pyrrole nitrogens is 1. The Balaban J connectivity index is 1.48. The van der Waals surface area contributed by atoms with E-state index in [1.807, 2.05) is 6.92 Å². The van der Waals surface area contributed by atoms with Gasteiger partial charge in [0.2, 0.25) is 9.84 Å². The Morgan fingerprint density at radius 1 is 1.07 bits per heavy atom. The van der Waals surface area contributed by atoms with Gasteiger partial charge in [0.1, 0.15) is 0 Å². The number of halogens is 1. The number of aromatic amines is 1. The van der Waals surface area contributed by atoms with E-state index < -0.39 is 9.84 Å². The molecule has 4 aromatic rings. The molecule has 2 aromatic heterocycles. The van der Waals surface area contributed by atoms with E-state index in [4.69, 9.17) is 11.6 Å². The number of pyridine rings is 1. The summed E-state index contributed by atoms with van der Waals surface area (Å²) in [5.41, 5.74) is 2.85. The lowest BCUT2D eigenvalue weighted by Crippen LogP contribution is -2.04. The fourth-order valence-electron chi connectivity index (χ4n) is 3.17. The lowest BCUT2D eigenvalue weighted by Gasteiger charge is -2.09. The highest BCUT2D eigenvalue weighted by molar-refractivity contribution is 7.91. The molecule has 1 N–H and O–H groups in total. The van der Waals surface area contributed by atoms with Gasteiger partial charge in [-0.05, 0) is 54.8 Å². The Hall–Kier alpha value is -3.03. The largest absolute Gasteiger partial charge is 0.294 e. The molecule has 30 heavy (non-hydrogen) atoms. The van der Waals surface area contributed by atoms with E-state index in [2.05, 4.69) is 15.2 Å². The minimum atomic E-state index is -3.71. The third-order valence-corrected chi connectivity index (χ3v) is 7.12. The summed E-state index contributed by atoms with van der Waals surface area (Å²) in [4.78, 5) is 16.9. The van der Waals surface area contributed by atoms with Gasteiger partial charge in [-0.2, -0.15) is 5.10 Å². The number of hydrogen-bond donors (Lipinski definition) is 1. The van der Waals surface area contributed by atoms with Gasteiger partial charge < -0.3 is 0 Å². The number of Topliss-reactive ketones (excluding diaryl/α,β-unsaturated/α-hetero) is 1. The fourth-order valence-corrected chi connectivity index (χ4v) is 5.01. The Morgan fingerprint density at radius 2 is 1.83 bits per heavy atom. The molecular weight excluding hydrogens is 422 g/mol. The SMILES string of the molecule is Cc1ccc(Cl)c(S(=O)(=O)c2ccc(CCC(=O)c3cnc4[nH]ncc4c3)cc2)c1. The van der Waals surface area contributed by atoms with Gasteiger partial charge in [0.15, 0.2) is 11.4 Å². The zero-order valence-corrected chi connectivity index (χ0v) is 17.7. The molecule has 0 fully saturated rings. The van der Waals surface area contributed by atoms with Crippen LogP contribution in [0.5, 0.6) is 0 Å². The molecule has 0 saturated heterocycles. The van der Waals surface area contributed by atoms with Crippen LogP contribution in [0.2, 0.25) is 5.02 Å². The number of sulfone groups is 1. The second-order valence-corrected chi connectivity index (χ2v) is 9.36. The number of fused-ring (bicyclic) bond motifs is 1.